The van der Waals surface area contributed by atoms with E-state index in [0.717, 1.165) is 22.3 Å². The van der Waals surface area contributed by atoms with Gasteiger partial charge in [-0.3, -0.25) is 4.98 Å². The molecular formula is C19H17F3N4O3. The Labute approximate surface area is 163 Å². The molecule has 0 unspecified atom stereocenters. The number of benzene rings is 1. The molecule has 0 saturated carbocycles. The van der Waals surface area contributed by atoms with Gasteiger partial charge in [-0.05, 0) is 42.7 Å². The van der Waals surface area contributed by atoms with E-state index in [4.69, 9.17) is 4.74 Å². The van der Waals surface area contributed by atoms with Crippen LogP contribution >= 0.6 is 0 Å². The summed E-state index contributed by atoms with van der Waals surface area (Å²) in [5.41, 5.74) is 3.62. The van der Waals surface area contributed by atoms with Gasteiger partial charge < -0.3 is 14.6 Å². The number of carbonyl (C=O) groups is 1. The van der Waals surface area contributed by atoms with Crippen molar-refractivity contribution in [1.82, 2.24) is 20.4 Å². The molecule has 10 heteroatoms. The van der Waals surface area contributed by atoms with Crippen molar-refractivity contribution in [2.75, 3.05) is 0 Å². The highest BCUT2D eigenvalue weighted by Crippen LogP contribution is 2.29. The number of ether oxygens (including phenoxy) is 1. The number of amides is 1. The van der Waals surface area contributed by atoms with Crippen molar-refractivity contribution < 1.29 is 27.2 Å². The molecule has 0 spiro atoms. The summed E-state index contributed by atoms with van der Waals surface area (Å²) in [7, 11) is 0. The van der Waals surface area contributed by atoms with Crippen LogP contribution in [0.4, 0.5) is 18.0 Å². The van der Waals surface area contributed by atoms with Gasteiger partial charge in [0, 0.05) is 30.1 Å². The molecule has 0 bridgehead atoms. The molecule has 0 aliphatic heterocycles. The van der Waals surface area contributed by atoms with E-state index < -0.39 is 18.2 Å². The Morgan fingerprint density at radius 1 is 1.21 bits per heavy atom. The van der Waals surface area contributed by atoms with Gasteiger partial charge in [-0.15, -0.1) is 0 Å². The molecule has 0 atom stereocenters. The zero-order chi connectivity index (χ0) is 21.0. The summed E-state index contributed by atoms with van der Waals surface area (Å²) in [6, 6.07) is 6.70. The monoisotopic (exact) mass is 406 g/mol. The Kier molecular flexibility index (Phi) is 5.81. The van der Waals surface area contributed by atoms with Gasteiger partial charge in [-0.2, -0.15) is 18.2 Å². The number of alkyl halides is 3. The molecule has 0 aliphatic rings. The van der Waals surface area contributed by atoms with E-state index in [1.165, 1.54) is 0 Å². The summed E-state index contributed by atoms with van der Waals surface area (Å²) in [5.74, 6) is -1.56. The van der Waals surface area contributed by atoms with Crippen LogP contribution < -0.4 is 5.32 Å². The molecule has 0 saturated heterocycles. The van der Waals surface area contributed by atoms with Crippen LogP contribution in [0.5, 0.6) is 0 Å². The lowest BCUT2D eigenvalue weighted by atomic mass is 10.0. The summed E-state index contributed by atoms with van der Waals surface area (Å²) >= 11 is 0. The first-order chi connectivity index (χ1) is 13.7. The lowest BCUT2D eigenvalue weighted by Gasteiger charge is -2.10. The average molecular weight is 406 g/mol. The molecule has 1 amide bonds. The fourth-order valence-corrected chi connectivity index (χ4v) is 2.55. The quantitative estimate of drug-likeness (QED) is 0.683. The van der Waals surface area contributed by atoms with E-state index in [2.05, 4.69) is 25.0 Å². The van der Waals surface area contributed by atoms with Gasteiger partial charge in [0.05, 0.1) is 0 Å². The van der Waals surface area contributed by atoms with Gasteiger partial charge in [-0.25, -0.2) is 4.79 Å². The predicted molar refractivity (Wildman–Crippen MR) is 95.5 cm³/mol. The smallest absolute Gasteiger partial charge is 0.445 e. The van der Waals surface area contributed by atoms with Gasteiger partial charge in [0.2, 0.25) is 5.82 Å². The molecule has 0 radical (unpaired) electrons. The third-order valence-corrected chi connectivity index (χ3v) is 3.99. The maximum absolute atomic E-state index is 12.6. The van der Waals surface area contributed by atoms with Crippen molar-refractivity contribution in [2.24, 2.45) is 0 Å². The fourth-order valence-electron chi connectivity index (χ4n) is 2.55. The Morgan fingerprint density at radius 3 is 2.66 bits per heavy atom. The normalized spacial score (nSPS) is 11.3. The number of nitrogens with one attached hydrogen (secondary N) is 1. The number of aryl methyl sites for hydroxylation is 2. The second-order valence-corrected chi connectivity index (χ2v) is 6.36. The average Bonchev–Trinajstić information content (AvgIpc) is 3.16. The van der Waals surface area contributed by atoms with Crippen molar-refractivity contribution >= 4 is 6.09 Å². The van der Waals surface area contributed by atoms with E-state index in [-0.39, 0.29) is 19.0 Å². The first-order valence-corrected chi connectivity index (χ1v) is 8.54. The Bertz CT molecular complexity index is 1020. The summed E-state index contributed by atoms with van der Waals surface area (Å²) in [5, 5.41) is 5.98. The molecule has 1 N–H and O–H groups in total. The Morgan fingerprint density at radius 2 is 2.00 bits per heavy atom. The van der Waals surface area contributed by atoms with Crippen molar-refractivity contribution in [3.05, 3.63) is 64.8 Å². The van der Waals surface area contributed by atoms with Crippen LogP contribution in [0.15, 0.2) is 41.2 Å². The number of pyridine rings is 1. The number of rotatable bonds is 5. The highest BCUT2D eigenvalue weighted by atomic mass is 19.4. The number of aromatic nitrogens is 3. The minimum absolute atomic E-state index is 0.0950. The summed E-state index contributed by atoms with van der Waals surface area (Å²) in [4.78, 5) is 19.3. The van der Waals surface area contributed by atoms with Crippen molar-refractivity contribution in [3.8, 4) is 11.4 Å². The maximum atomic E-state index is 12.6. The van der Waals surface area contributed by atoms with Gasteiger partial charge in [0.25, 0.3) is 0 Å². The van der Waals surface area contributed by atoms with Crippen LogP contribution in [0.2, 0.25) is 0 Å². The summed E-state index contributed by atoms with van der Waals surface area (Å²) < 4.78 is 47.1. The maximum Gasteiger partial charge on any atom is 0.471 e. The molecule has 2 heterocycles. The third kappa shape index (κ3) is 5.31. The Balaban J connectivity index is 1.58. The van der Waals surface area contributed by atoms with Crippen LogP contribution in [0.3, 0.4) is 0 Å². The fraction of sp³-hybridized carbons (Fsp3) is 0.263. The largest absolute Gasteiger partial charge is 0.471 e. The van der Waals surface area contributed by atoms with Gasteiger partial charge in [-0.1, -0.05) is 17.3 Å². The number of carbonyl (C=O) groups excluding carboxylic acids is 1. The molecule has 2 aromatic heterocycles. The molecule has 3 rings (SSSR count). The van der Waals surface area contributed by atoms with Crippen molar-refractivity contribution in [2.45, 2.75) is 33.2 Å². The Hall–Kier alpha value is -3.43. The zero-order valence-corrected chi connectivity index (χ0v) is 15.6. The number of halogens is 3. The highest BCUT2D eigenvalue weighted by Gasteiger charge is 2.38. The molecule has 7 nitrogen and oxygen atoms in total. The highest BCUT2D eigenvalue weighted by molar-refractivity contribution is 5.67. The summed E-state index contributed by atoms with van der Waals surface area (Å²) in [6.07, 6.45) is -1.97. The van der Waals surface area contributed by atoms with Gasteiger partial charge >= 0.3 is 18.2 Å². The molecular weight excluding hydrogens is 389 g/mol. The van der Waals surface area contributed by atoms with E-state index in [9.17, 15) is 18.0 Å². The van der Waals surface area contributed by atoms with E-state index in [0.29, 0.717) is 5.56 Å². The molecule has 152 valence electrons. The van der Waals surface area contributed by atoms with Crippen molar-refractivity contribution in [3.63, 3.8) is 0 Å². The third-order valence-electron chi connectivity index (χ3n) is 3.99. The van der Waals surface area contributed by atoms with Crippen LogP contribution in [0.1, 0.15) is 28.1 Å². The first-order valence-electron chi connectivity index (χ1n) is 8.54. The van der Waals surface area contributed by atoms with Crippen LogP contribution in [0, 0.1) is 13.8 Å². The van der Waals surface area contributed by atoms with Gasteiger partial charge in [0.15, 0.2) is 0 Å². The summed E-state index contributed by atoms with van der Waals surface area (Å²) in [6.45, 7) is 3.94. The van der Waals surface area contributed by atoms with Crippen LogP contribution in [-0.4, -0.2) is 21.2 Å². The molecule has 0 fully saturated rings. The SMILES string of the molecule is Cc1cncc(COC(=O)NCc2ccc(-c3noc(C(F)(F)F)n3)cc2C)c1. The van der Waals surface area contributed by atoms with Crippen LogP contribution in [-0.2, 0) is 24.1 Å². The lowest BCUT2D eigenvalue weighted by molar-refractivity contribution is -0.159. The van der Waals surface area contributed by atoms with E-state index in [1.807, 2.05) is 13.0 Å². The molecule has 0 aliphatic carbocycles. The van der Waals surface area contributed by atoms with E-state index >= 15 is 0 Å². The molecule has 3 aromatic rings. The first kappa shape index (κ1) is 20.3. The molecule has 1 aromatic carbocycles. The van der Waals surface area contributed by atoms with E-state index in [1.54, 1.807) is 37.5 Å². The minimum atomic E-state index is -4.70. The standard InChI is InChI=1S/C19H17F3N4O3/c1-11-5-13(8-23-7-11)10-28-18(27)24-9-15-4-3-14(6-12(15)2)16-25-17(29-26-16)19(20,21)22/h3-8H,9-10H2,1-2H3,(H,24,27). The number of alkyl carbamates (subject to hydrolysis) is 1. The van der Waals surface area contributed by atoms with Gasteiger partial charge in [0.1, 0.15) is 6.61 Å². The van der Waals surface area contributed by atoms with Crippen molar-refractivity contribution in [1.29, 1.82) is 0 Å². The number of nitrogens with zero attached hydrogens (tertiary/aromatic N) is 3. The predicted octanol–water partition coefficient (Wildman–Crippen LogP) is 4.19. The lowest BCUT2D eigenvalue weighted by Crippen LogP contribution is -2.24. The number of hydrogen-bond donors (Lipinski definition) is 1. The zero-order valence-electron chi connectivity index (χ0n) is 15.6. The van der Waals surface area contributed by atoms with Crippen LogP contribution in [0.25, 0.3) is 11.4 Å². The topological polar surface area (TPSA) is 90.1 Å². The molecule has 29 heavy (non-hydrogen) atoms. The second-order valence-electron chi connectivity index (χ2n) is 6.36. The second kappa shape index (κ2) is 8.29. The minimum Gasteiger partial charge on any atom is -0.445 e. The number of hydrogen-bond acceptors (Lipinski definition) is 6.